The normalized spacial score (nSPS) is 14.6. The van der Waals surface area contributed by atoms with Crippen LogP contribution in [0.1, 0.15) is 24.4 Å². The maximum Gasteiger partial charge on any atom is 0.229 e. The van der Waals surface area contributed by atoms with Gasteiger partial charge in [0.15, 0.2) is 11.6 Å². The monoisotopic (exact) mass is 384 g/mol. The van der Waals surface area contributed by atoms with Crippen molar-refractivity contribution in [3.63, 3.8) is 0 Å². The van der Waals surface area contributed by atoms with E-state index in [1.165, 1.54) is 6.07 Å². The van der Waals surface area contributed by atoms with E-state index in [1.54, 1.807) is 29.2 Å². The predicted octanol–water partition coefficient (Wildman–Crippen LogP) is 4.11. The van der Waals surface area contributed by atoms with E-state index in [0.29, 0.717) is 30.3 Å². The zero-order valence-electron chi connectivity index (χ0n) is 13.5. The second kappa shape index (κ2) is 8.52. The molecule has 134 valence electrons. The molecule has 0 aliphatic carbocycles. The molecule has 0 aromatic heterocycles. The van der Waals surface area contributed by atoms with Gasteiger partial charge in [0.05, 0.1) is 12.3 Å². The molecule has 0 radical (unpaired) electrons. The topological polar surface area (TPSA) is 55.6 Å². The Morgan fingerprint density at radius 2 is 2.04 bits per heavy atom. The Kier molecular flexibility index (Phi) is 6.64. The molecule has 2 N–H and O–H groups in total. The first-order chi connectivity index (χ1) is 11.6. The first-order valence-electron chi connectivity index (χ1n) is 7.79. The van der Waals surface area contributed by atoms with Crippen LogP contribution in [0.25, 0.3) is 0 Å². The van der Waals surface area contributed by atoms with Crippen LogP contribution < -0.4 is 15.4 Å². The predicted molar refractivity (Wildman–Crippen MR) is 99.1 cm³/mol. The molecule has 3 rings (SSSR count). The average Bonchev–Trinajstić information content (AvgIpc) is 2.78. The van der Waals surface area contributed by atoms with Crippen molar-refractivity contribution in [3.05, 3.63) is 58.9 Å². The minimum atomic E-state index is -0.521. The third kappa shape index (κ3) is 4.24. The first-order valence-corrected chi connectivity index (χ1v) is 8.17. The van der Waals surface area contributed by atoms with Gasteiger partial charge in [-0.05, 0) is 30.2 Å². The van der Waals surface area contributed by atoms with Crippen LogP contribution in [0.5, 0.6) is 5.75 Å². The second-order valence-electron chi connectivity index (χ2n) is 5.67. The van der Waals surface area contributed by atoms with E-state index in [2.05, 4.69) is 0 Å². The number of rotatable bonds is 3. The fourth-order valence-electron chi connectivity index (χ4n) is 2.81. The third-order valence-electron chi connectivity index (χ3n) is 4.01. The van der Waals surface area contributed by atoms with Crippen molar-refractivity contribution in [3.8, 4) is 5.75 Å². The summed E-state index contributed by atoms with van der Waals surface area (Å²) in [5, 5.41) is 0.531. The van der Waals surface area contributed by atoms with Crippen LogP contribution in [-0.4, -0.2) is 19.1 Å². The molecule has 0 fully saturated rings. The molecule has 1 heterocycles. The summed E-state index contributed by atoms with van der Waals surface area (Å²) in [7, 11) is 0. The molecule has 0 saturated heterocycles. The third-order valence-corrected chi connectivity index (χ3v) is 4.35. The standard InChI is InChI=1S/C18H18ClFN2O2.ClH/c19-13-6-2-1-5-12(13)15(21)11-17(23)22-9-4-10-24-18-14(20)7-3-8-16(18)22;/h1-3,5-8,15H,4,9-11,21H2;1H/t15-;/m0./s1. The van der Waals surface area contributed by atoms with Gasteiger partial charge in [0.25, 0.3) is 0 Å². The summed E-state index contributed by atoms with van der Waals surface area (Å²) in [4.78, 5) is 14.3. The smallest absolute Gasteiger partial charge is 0.229 e. The number of hydrogen-bond acceptors (Lipinski definition) is 3. The fraction of sp³-hybridized carbons (Fsp3) is 0.278. The van der Waals surface area contributed by atoms with E-state index in [4.69, 9.17) is 22.1 Å². The molecule has 0 bridgehead atoms. The van der Waals surface area contributed by atoms with Crippen LogP contribution in [0.15, 0.2) is 42.5 Å². The number of para-hydroxylation sites is 1. The van der Waals surface area contributed by atoms with Crippen molar-refractivity contribution in [2.45, 2.75) is 18.9 Å². The zero-order chi connectivity index (χ0) is 17.1. The highest BCUT2D eigenvalue weighted by atomic mass is 35.5. The number of carbonyl (C=O) groups is 1. The summed E-state index contributed by atoms with van der Waals surface area (Å²) < 4.78 is 19.4. The Morgan fingerprint density at radius 3 is 2.80 bits per heavy atom. The quantitative estimate of drug-likeness (QED) is 0.865. The SMILES string of the molecule is Cl.N[C@@H](CC(=O)N1CCCOc2c(F)cccc21)c1ccccc1Cl. The number of nitrogens with two attached hydrogens (primary N) is 1. The van der Waals surface area contributed by atoms with Gasteiger partial charge >= 0.3 is 0 Å². The molecule has 2 aromatic carbocycles. The number of halogens is 3. The molecule has 4 nitrogen and oxygen atoms in total. The molecule has 1 amide bonds. The van der Waals surface area contributed by atoms with Crippen LogP contribution >= 0.6 is 24.0 Å². The van der Waals surface area contributed by atoms with Crippen LogP contribution in [-0.2, 0) is 4.79 Å². The zero-order valence-corrected chi connectivity index (χ0v) is 15.0. The lowest BCUT2D eigenvalue weighted by molar-refractivity contribution is -0.119. The Labute approximate surface area is 157 Å². The van der Waals surface area contributed by atoms with E-state index in [-0.39, 0.29) is 30.5 Å². The molecule has 7 heteroatoms. The van der Waals surface area contributed by atoms with Crippen molar-refractivity contribution in [2.24, 2.45) is 5.73 Å². The van der Waals surface area contributed by atoms with Gasteiger partial charge in [-0.2, -0.15) is 0 Å². The molecule has 0 spiro atoms. The van der Waals surface area contributed by atoms with Gasteiger partial charge < -0.3 is 15.4 Å². The lowest BCUT2D eigenvalue weighted by Crippen LogP contribution is -2.34. The maximum atomic E-state index is 14.0. The van der Waals surface area contributed by atoms with E-state index in [9.17, 15) is 9.18 Å². The first kappa shape index (κ1) is 19.5. The second-order valence-corrected chi connectivity index (χ2v) is 6.07. The van der Waals surface area contributed by atoms with Crippen LogP contribution in [0.2, 0.25) is 5.02 Å². The Bertz CT molecular complexity index is 758. The molecule has 2 aromatic rings. The average molecular weight is 385 g/mol. The highest BCUT2D eigenvalue weighted by Gasteiger charge is 2.26. The van der Waals surface area contributed by atoms with Crippen molar-refractivity contribution in [2.75, 3.05) is 18.1 Å². The molecule has 1 aliphatic rings. The molecular formula is C18H19Cl2FN2O2. The van der Waals surface area contributed by atoms with Crippen LogP contribution in [0.3, 0.4) is 0 Å². The Balaban J connectivity index is 0.00000225. The number of nitrogens with zero attached hydrogens (tertiary/aromatic N) is 1. The van der Waals surface area contributed by atoms with Gasteiger partial charge in [-0.15, -0.1) is 12.4 Å². The van der Waals surface area contributed by atoms with Crippen molar-refractivity contribution in [1.82, 2.24) is 0 Å². The Morgan fingerprint density at radius 1 is 1.28 bits per heavy atom. The maximum absolute atomic E-state index is 14.0. The number of hydrogen-bond donors (Lipinski definition) is 1. The minimum Gasteiger partial charge on any atom is -0.488 e. The van der Waals surface area contributed by atoms with Crippen LogP contribution in [0.4, 0.5) is 10.1 Å². The van der Waals surface area contributed by atoms with E-state index in [1.807, 2.05) is 12.1 Å². The lowest BCUT2D eigenvalue weighted by atomic mass is 10.0. The summed E-state index contributed by atoms with van der Waals surface area (Å²) in [6.45, 7) is 0.832. The highest BCUT2D eigenvalue weighted by Crippen LogP contribution is 2.34. The summed E-state index contributed by atoms with van der Waals surface area (Å²) in [5.74, 6) is -0.531. The molecule has 1 atom stereocenters. The van der Waals surface area contributed by atoms with Gasteiger partial charge in [-0.25, -0.2) is 4.39 Å². The van der Waals surface area contributed by atoms with E-state index < -0.39 is 11.9 Å². The summed E-state index contributed by atoms with van der Waals surface area (Å²) in [6, 6.07) is 11.2. The van der Waals surface area contributed by atoms with Crippen molar-refractivity contribution < 1.29 is 13.9 Å². The van der Waals surface area contributed by atoms with E-state index in [0.717, 1.165) is 5.56 Å². The number of carbonyl (C=O) groups excluding carboxylic acids is 1. The number of anilines is 1. The Hall–Kier alpha value is -1.82. The number of fused-ring (bicyclic) bond motifs is 1. The highest BCUT2D eigenvalue weighted by molar-refractivity contribution is 6.31. The van der Waals surface area contributed by atoms with Gasteiger partial charge in [-0.1, -0.05) is 35.9 Å². The molecule has 0 saturated carbocycles. The number of ether oxygens (including phenoxy) is 1. The molecule has 0 unspecified atom stereocenters. The van der Waals surface area contributed by atoms with Crippen molar-refractivity contribution >= 4 is 35.6 Å². The van der Waals surface area contributed by atoms with Crippen LogP contribution in [0, 0.1) is 5.82 Å². The number of amides is 1. The lowest BCUT2D eigenvalue weighted by Gasteiger charge is -2.24. The molecular weight excluding hydrogens is 366 g/mol. The summed E-state index contributed by atoms with van der Waals surface area (Å²) in [5.41, 5.74) is 7.32. The minimum absolute atomic E-state index is 0. The van der Waals surface area contributed by atoms with E-state index >= 15 is 0 Å². The van der Waals surface area contributed by atoms with Gasteiger partial charge in [0.1, 0.15) is 0 Å². The summed E-state index contributed by atoms with van der Waals surface area (Å²) >= 11 is 6.14. The summed E-state index contributed by atoms with van der Waals surface area (Å²) in [6.07, 6.45) is 0.709. The number of benzene rings is 2. The van der Waals surface area contributed by atoms with Crippen molar-refractivity contribution in [1.29, 1.82) is 0 Å². The molecule has 25 heavy (non-hydrogen) atoms. The largest absolute Gasteiger partial charge is 0.488 e. The van der Waals surface area contributed by atoms with Gasteiger partial charge in [0.2, 0.25) is 5.91 Å². The molecule has 1 aliphatic heterocycles. The van der Waals surface area contributed by atoms with Gasteiger partial charge in [-0.3, -0.25) is 4.79 Å². The van der Waals surface area contributed by atoms with Gasteiger partial charge in [0, 0.05) is 24.0 Å². The fourth-order valence-corrected chi connectivity index (χ4v) is 3.09.